The Kier molecular flexibility index (Phi) is 12.7. The first-order chi connectivity index (χ1) is 3.45. The van der Waals surface area contributed by atoms with Gasteiger partial charge in [0.2, 0.25) is 0 Å². The molecule has 38 valence electrons. The van der Waals surface area contributed by atoms with Gasteiger partial charge in [0, 0.05) is 0 Å². The van der Waals surface area contributed by atoms with Crippen molar-refractivity contribution in [1.82, 2.24) is 0 Å². The van der Waals surface area contributed by atoms with Crippen molar-refractivity contribution >= 4 is 48.1 Å². The summed E-state index contributed by atoms with van der Waals surface area (Å²) in [6.45, 7) is 0. The quantitative estimate of drug-likeness (QED) is 0.386. The summed E-state index contributed by atoms with van der Waals surface area (Å²) in [5.41, 5.74) is 0. The molecule has 0 unspecified atom stereocenters. The van der Waals surface area contributed by atoms with Crippen molar-refractivity contribution in [2.24, 2.45) is 0 Å². The largest absolute Gasteiger partial charge is 1.00 e. The van der Waals surface area contributed by atoms with Crippen LogP contribution in [0.4, 0.5) is 0 Å². The fourth-order valence-electron chi connectivity index (χ4n) is 0.590. The molecule has 0 saturated carbocycles. The summed E-state index contributed by atoms with van der Waals surface area (Å²) in [6, 6.07) is 0. The van der Waals surface area contributed by atoms with Crippen LogP contribution in [-0.4, -0.2) is 0 Å². The summed E-state index contributed by atoms with van der Waals surface area (Å²) in [5, 5.41) is 0. The summed E-state index contributed by atoms with van der Waals surface area (Å²) in [7, 11) is 6.00. The number of rotatable bonds is 0. The monoisotopic (exact) mass is 334 g/mol. The first-order valence-electron chi connectivity index (χ1n) is 1.80. The molecule has 0 saturated heterocycles. The van der Waals surface area contributed by atoms with Crippen molar-refractivity contribution < 1.29 is 154 Å². The van der Waals surface area contributed by atoms with E-state index in [2.05, 4.69) is 0 Å². The van der Waals surface area contributed by atoms with Crippen LogP contribution in [0.2, 0.25) is 0 Å². The van der Waals surface area contributed by atoms with Crippen LogP contribution in [0.25, 0.3) is 0 Å². The van der Waals surface area contributed by atoms with Crippen molar-refractivity contribution in [2.75, 3.05) is 0 Å². The first-order valence-corrected chi connectivity index (χ1v) is 16.2. The average Bonchev–Trinajstić information content (AvgIpc) is 2.10. The second-order valence-corrected chi connectivity index (χ2v) is 36.2. The van der Waals surface area contributed by atoms with E-state index < -0.39 is 0 Å². The fourth-order valence-corrected chi connectivity index (χ4v) is 143. The Bertz CT molecular complexity index is 287. The fraction of sp³-hybridized carbons (Fsp3) is 0. The molecule has 0 aliphatic heterocycles. The smallest absolute Gasteiger partial charge is 0.457 e. The molecule has 4 aromatic heterocycles. The van der Waals surface area contributed by atoms with Crippen LogP contribution in [0.15, 0.2) is 0 Å². The molecule has 4 aromatic rings. The molecule has 10 heavy (non-hydrogen) atoms. The van der Waals surface area contributed by atoms with Crippen LogP contribution in [0, 0.1) is 0 Å². The first kappa shape index (κ1) is 17.0. The van der Waals surface area contributed by atoms with E-state index in [0.717, 1.165) is 19.1 Å². The maximum atomic E-state index is 2.00. The third-order valence-electron chi connectivity index (χ3n) is 0.929. The van der Waals surface area contributed by atoms with Crippen molar-refractivity contribution in [1.29, 1.82) is 0 Å². The summed E-state index contributed by atoms with van der Waals surface area (Å²) >= 11 is 0. The SMILES string of the molecule is [K+].[K+].[K+].[p-]1p2[p-]p3p1p3[p-]2. The molecule has 0 aromatic carbocycles. The maximum Gasteiger partial charge on any atom is 1.00 e. The third-order valence-corrected chi connectivity index (χ3v) is 70.5. The minimum absolute atomic E-state index is 0. The molecule has 4 heterocycles. The molecule has 4 rings (SSSR count). The summed E-state index contributed by atoms with van der Waals surface area (Å²) in [4.78, 5) is 0. The zero-order valence-electron chi connectivity index (χ0n) is 6.13. The van der Waals surface area contributed by atoms with Gasteiger partial charge >= 0.3 is 154 Å². The third kappa shape index (κ3) is 3.50. The normalized spacial score (nSPS) is 19.2. The van der Waals surface area contributed by atoms with Gasteiger partial charge in [0.25, 0.3) is 0 Å². The van der Waals surface area contributed by atoms with Crippen molar-refractivity contribution in [2.45, 2.75) is 0 Å². The summed E-state index contributed by atoms with van der Waals surface area (Å²) in [6.07, 6.45) is 3.13. The average molecular weight is 334 g/mol. The van der Waals surface area contributed by atoms with E-state index in [-0.39, 0.29) is 154 Å². The van der Waals surface area contributed by atoms with Gasteiger partial charge in [-0.05, 0) is 0 Å². The van der Waals surface area contributed by atoms with Crippen LogP contribution in [0.5, 0.6) is 0 Å². The van der Waals surface area contributed by atoms with Gasteiger partial charge in [0.05, 0.1) is 0 Å². The minimum atomic E-state index is 0. The van der Waals surface area contributed by atoms with Crippen molar-refractivity contribution in [3.05, 3.63) is 0 Å². The van der Waals surface area contributed by atoms with E-state index >= 15 is 0 Å². The van der Waals surface area contributed by atoms with Crippen LogP contribution in [0.1, 0.15) is 0 Å². The molecule has 0 aliphatic rings. The van der Waals surface area contributed by atoms with Crippen molar-refractivity contribution in [3.63, 3.8) is 0 Å². The van der Waals surface area contributed by atoms with Crippen LogP contribution >= 0.6 is 48.1 Å². The van der Waals surface area contributed by atoms with Gasteiger partial charge in [0.1, 0.15) is 0 Å². The topological polar surface area (TPSA) is 0 Å². The Hall–Kier alpha value is 7.01. The van der Waals surface area contributed by atoms with Gasteiger partial charge in [0.15, 0.2) is 0 Å². The van der Waals surface area contributed by atoms with Crippen LogP contribution in [-0.2, 0) is 0 Å². The van der Waals surface area contributed by atoms with Crippen molar-refractivity contribution in [3.8, 4) is 0 Å². The van der Waals surface area contributed by atoms with Crippen LogP contribution in [0.3, 0.4) is 0 Å². The molecule has 0 spiro atoms. The Morgan fingerprint density at radius 2 is 0.900 bits per heavy atom. The van der Waals surface area contributed by atoms with E-state index in [9.17, 15) is 0 Å². The van der Waals surface area contributed by atoms with E-state index in [1.165, 1.54) is 0 Å². The number of hydrogen-bond donors (Lipinski definition) is 0. The van der Waals surface area contributed by atoms with Crippen LogP contribution < -0.4 is 154 Å². The van der Waals surface area contributed by atoms with Gasteiger partial charge in [-0.15, -0.1) is 0 Å². The minimum Gasteiger partial charge on any atom is -0.457 e. The molecule has 10 heteroatoms. The van der Waals surface area contributed by atoms with Gasteiger partial charge in [-0.2, -0.15) is 0 Å². The van der Waals surface area contributed by atoms with Gasteiger partial charge in [-0.3, -0.25) is 0 Å². The molecule has 0 amide bonds. The Morgan fingerprint density at radius 3 is 1.00 bits per heavy atom. The van der Waals surface area contributed by atoms with Gasteiger partial charge in [-0.1, -0.05) is 0 Å². The standard InChI is InChI=1S/3K.P7/c;;;1-4-2-6-5(1)7(6)3-4/q3*+1;-3. The summed E-state index contributed by atoms with van der Waals surface area (Å²) in [5.74, 6) is 0. The molecule has 4 bridgehead atoms. The molecular weight excluding hydrogens is 334 g/mol. The molecular formula is K3P7. The molecule has 0 fully saturated rings. The molecule has 0 N–H and O–H groups in total. The molecule has 0 radical (unpaired) electrons. The van der Waals surface area contributed by atoms with E-state index in [4.69, 9.17) is 0 Å². The second kappa shape index (κ2) is 7.45. The van der Waals surface area contributed by atoms with Gasteiger partial charge < -0.3 is 48.1 Å². The van der Waals surface area contributed by atoms with Gasteiger partial charge in [-0.25, -0.2) is 0 Å². The zero-order chi connectivity index (χ0) is 4.43. The van der Waals surface area contributed by atoms with E-state index in [1.807, 2.05) is 22.6 Å². The van der Waals surface area contributed by atoms with E-state index in [0.29, 0.717) is 6.37 Å². The maximum absolute atomic E-state index is 2.00. The second-order valence-electron chi connectivity index (χ2n) is 1.34. The molecule has 0 aliphatic carbocycles. The molecule has 0 atom stereocenters. The van der Waals surface area contributed by atoms with E-state index in [1.54, 1.807) is 0 Å². The Labute approximate surface area is 195 Å². The predicted molar refractivity (Wildman–Crippen MR) is 48.4 cm³/mol. The molecule has 0 nitrogen and oxygen atoms in total. The predicted octanol–water partition coefficient (Wildman–Crippen LogP) is -2.96. The summed E-state index contributed by atoms with van der Waals surface area (Å²) < 4.78 is 0. The zero-order valence-corrected chi connectivity index (χ0v) is 21.8. The number of hydrogen-bond acceptors (Lipinski definition) is 0. The Balaban J connectivity index is 0.000000270. The Morgan fingerprint density at radius 1 is 0.600 bits per heavy atom.